The SMILES string of the molecule is CCCCNC(=O)[C@H](Cc1ccccc1)N(Cc1ccc(Br)cc1)C(=O)CN(c1cccc(Cl)c1Cl)S(C)(=O)=O. The molecule has 0 saturated carbocycles. The Morgan fingerprint density at radius 1 is 0.950 bits per heavy atom. The molecule has 0 aliphatic rings. The normalized spacial score (nSPS) is 12.0. The van der Waals surface area contributed by atoms with E-state index in [9.17, 15) is 18.0 Å². The lowest BCUT2D eigenvalue weighted by Crippen LogP contribution is -2.53. The van der Waals surface area contributed by atoms with Crippen molar-refractivity contribution in [2.24, 2.45) is 0 Å². The van der Waals surface area contributed by atoms with Gasteiger partial charge in [0.25, 0.3) is 0 Å². The number of benzene rings is 3. The standard InChI is InChI=1S/C29H32BrCl2N3O4S/c1-3-4-17-33-29(37)26(18-21-9-6-5-7-10-21)34(19-22-13-15-23(30)16-14-22)27(36)20-35(40(2,38)39)25-12-8-11-24(31)28(25)32/h5-16,26H,3-4,17-20H2,1-2H3,(H,33,37)/t26-/m0/s1. The number of unbranched alkanes of at least 4 members (excludes halogenated alkanes) is 1. The number of nitrogens with one attached hydrogen (secondary N) is 1. The molecule has 0 aliphatic heterocycles. The molecule has 40 heavy (non-hydrogen) atoms. The largest absolute Gasteiger partial charge is 0.354 e. The Morgan fingerprint density at radius 2 is 1.62 bits per heavy atom. The zero-order valence-electron chi connectivity index (χ0n) is 22.3. The van der Waals surface area contributed by atoms with Gasteiger partial charge in [-0.15, -0.1) is 0 Å². The van der Waals surface area contributed by atoms with Crippen LogP contribution in [0.2, 0.25) is 10.0 Å². The third kappa shape index (κ3) is 8.96. The number of anilines is 1. The molecular weight excluding hydrogens is 637 g/mol. The van der Waals surface area contributed by atoms with Crippen molar-refractivity contribution in [2.75, 3.05) is 23.7 Å². The molecule has 7 nitrogen and oxygen atoms in total. The molecular formula is C29H32BrCl2N3O4S. The van der Waals surface area contributed by atoms with E-state index in [2.05, 4.69) is 21.2 Å². The van der Waals surface area contributed by atoms with E-state index in [0.717, 1.165) is 39.0 Å². The van der Waals surface area contributed by atoms with Gasteiger partial charge in [0, 0.05) is 24.0 Å². The van der Waals surface area contributed by atoms with E-state index in [0.29, 0.717) is 6.54 Å². The van der Waals surface area contributed by atoms with Crippen molar-refractivity contribution in [1.82, 2.24) is 10.2 Å². The summed E-state index contributed by atoms with van der Waals surface area (Å²) < 4.78 is 27.6. The fourth-order valence-electron chi connectivity index (χ4n) is 4.13. The number of rotatable bonds is 13. The fraction of sp³-hybridized carbons (Fsp3) is 0.310. The van der Waals surface area contributed by atoms with Crippen LogP contribution < -0.4 is 9.62 Å². The number of nitrogens with zero attached hydrogens (tertiary/aromatic N) is 2. The lowest BCUT2D eigenvalue weighted by atomic mass is 10.0. The Hall–Kier alpha value is -2.59. The van der Waals surface area contributed by atoms with Gasteiger partial charge in [0.1, 0.15) is 12.6 Å². The molecule has 2 amide bonds. The maximum atomic E-state index is 14.1. The molecule has 0 bridgehead atoms. The highest BCUT2D eigenvalue weighted by molar-refractivity contribution is 9.10. The number of amides is 2. The average Bonchev–Trinajstić information content (AvgIpc) is 2.92. The summed E-state index contributed by atoms with van der Waals surface area (Å²) in [7, 11) is -3.95. The third-order valence-electron chi connectivity index (χ3n) is 6.25. The Kier molecular flexibility index (Phi) is 11.9. The molecule has 3 aromatic rings. The number of halogens is 3. The quantitative estimate of drug-likeness (QED) is 0.224. The Bertz CT molecular complexity index is 1410. The molecule has 0 heterocycles. The van der Waals surface area contributed by atoms with Crippen LogP contribution in [0, 0.1) is 0 Å². The topological polar surface area (TPSA) is 86.8 Å². The summed E-state index contributed by atoms with van der Waals surface area (Å²) in [5.41, 5.74) is 1.73. The minimum Gasteiger partial charge on any atom is -0.354 e. The highest BCUT2D eigenvalue weighted by Crippen LogP contribution is 2.34. The van der Waals surface area contributed by atoms with Gasteiger partial charge >= 0.3 is 0 Å². The molecule has 3 rings (SSSR count). The van der Waals surface area contributed by atoms with Crippen molar-refractivity contribution in [3.05, 3.63) is 98.4 Å². The smallest absolute Gasteiger partial charge is 0.244 e. The van der Waals surface area contributed by atoms with Gasteiger partial charge in [-0.1, -0.05) is 101 Å². The Balaban J connectivity index is 2.05. The molecule has 0 fully saturated rings. The van der Waals surface area contributed by atoms with Gasteiger partial charge in [0.15, 0.2) is 0 Å². The minimum atomic E-state index is -3.95. The van der Waals surface area contributed by atoms with Gasteiger partial charge in [-0.2, -0.15) is 0 Å². The Labute approximate surface area is 254 Å². The molecule has 214 valence electrons. The summed E-state index contributed by atoms with van der Waals surface area (Å²) in [6, 6.07) is 20.5. The monoisotopic (exact) mass is 667 g/mol. The van der Waals surface area contributed by atoms with Crippen molar-refractivity contribution in [3.63, 3.8) is 0 Å². The van der Waals surface area contributed by atoms with E-state index < -0.39 is 28.5 Å². The highest BCUT2D eigenvalue weighted by Gasteiger charge is 2.33. The van der Waals surface area contributed by atoms with E-state index in [1.807, 2.05) is 61.5 Å². The van der Waals surface area contributed by atoms with Gasteiger partial charge in [-0.05, 0) is 41.8 Å². The van der Waals surface area contributed by atoms with E-state index in [1.165, 1.54) is 17.0 Å². The second kappa shape index (κ2) is 14.9. The van der Waals surface area contributed by atoms with Gasteiger partial charge in [0.2, 0.25) is 21.8 Å². The van der Waals surface area contributed by atoms with Gasteiger partial charge in [-0.3, -0.25) is 13.9 Å². The predicted octanol–water partition coefficient (Wildman–Crippen LogP) is 6.08. The molecule has 0 saturated heterocycles. The van der Waals surface area contributed by atoms with E-state index in [-0.39, 0.29) is 34.6 Å². The molecule has 3 aromatic carbocycles. The van der Waals surface area contributed by atoms with Crippen molar-refractivity contribution >= 4 is 66.7 Å². The summed E-state index contributed by atoms with van der Waals surface area (Å²) in [5.74, 6) is -0.870. The van der Waals surface area contributed by atoms with Crippen LogP contribution in [0.5, 0.6) is 0 Å². The summed E-state index contributed by atoms with van der Waals surface area (Å²) in [5, 5.41) is 3.13. The van der Waals surface area contributed by atoms with E-state index >= 15 is 0 Å². The Morgan fingerprint density at radius 3 is 2.25 bits per heavy atom. The molecule has 0 spiro atoms. The van der Waals surface area contributed by atoms with Crippen LogP contribution in [-0.4, -0.2) is 50.5 Å². The van der Waals surface area contributed by atoms with E-state index in [4.69, 9.17) is 23.2 Å². The number of sulfonamides is 1. The summed E-state index contributed by atoms with van der Waals surface area (Å²) in [6.07, 6.45) is 2.93. The van der Waals surface area contributed by atoms with Crippen LogP contribution in [0.4, 0.5) is 5.69 Å². The first-order valence-corrected chi connectivity index (χ1v) is 16.2. The molecule has 11 heteroatoms. The maximum Gasteiger partial charge on any atom is 0.244 e. The van der Waals surface area contributed by atoms with Gasteiger partial charge in [-0.25, -0.2) is 8.42 Å². The van der Waals surface area contributed by atoms with Gasteiger partial charge < -0.3 is 10.2 Å². The number of hydrogen-bond donors (Lipinski definition) is 1. The summed E-state index contributed by atoms with van der Waals surface area (Å²) in [4.78, 5) is 29.1. The van der Waals surface area contributed by atoms with Crippen LogP contribution in [-0.2, 0) is 32.6 Å². The molecule has 1 atom stereocenters. The van der Waals surface area contributed by atoms with Crippen molar-refractivity contribution in [3.8, 4) is 0 Å². The molecule has 0 radical (unpaired) electrons. The molecule has 0 aromatic heterocycles. The number of carbonyl (C=O) groups is 2. The summed E-state index contributed by atoms with van der Waals surface area (Å²) >= 11 is 15.9. The van der Waals surface area contributed by atoms with Crippen LogP contribution >= 0.6 is 39.1 Å². The van der Waals surface area contributed by atoms with Crippen LogP contribution in [0.1, 0.15) is 30.9 Å². The van der Waals surface area contributed by atoms with E-state index in [1.54, 1.807) is 6.07 Å². The van der Waals surface area contributed by atoms with Crippen molar-refractivity contribution in [1.29, 1.82) is 0 Å². The molecule has 1 N–H and O–H groups in total. The minimum absolute atomic E-state index is 0.0139. The zero-order valence-corrected chi connectivity index (χ0v) is 26.2. The second-order valence-electron chi connectivity index (χ2n) is 9.34. The van der Waals surface area contributed by atoms with Crippen LogP contribution in [0.3, 0.4) is 0 Å². The molecule has 0 aliphatic carbocycles. The number of carbonyl (C=O) groups excluding carboxylic acids is 2. The van der Waals surface area contributed by atoms with Crippen LogP contribution in [0.25, 0.3) is 0 Å². The van der Waals surface area contributed by atoms with Crippen LogP contribution in [0.15, 0.2) is 77.3 Å². The average molecular weight is 669 g/mol. The first-order chi connectivity index (χ1) is 19.0. The maximum absolute atomic E-state index is 14.1. The lowest BCUT2D eigenvalue weighted by molar-refractivity contribution is -0.140. The molecule has 0 unspecified atom stereocenters. The third-order valence-corrected chi connectivity index (χ3v) is 8.71. The lowest BCUT2D eigenvalue weighted by Gasteiger charge is -2.33. The first-order valence-electron chi connectivity index (χ1n) is 12.8. The van der Waals surface area contributed by atoms with Crippen molar-refractivity contribution in [2.45, 2.75) is 38.8 Å². The second-order valence-corrected chi connectivity index (χ2v) is 12.9. The predicted molar refractivity (Wildman–Crippen MR) is 165 cm³/mol. The van der Waals surface area contributed by atoms with Gasteiger partial charge in [0.05, 0.1) is 22.0 Å². The fourth-order valence-corrected chi connectivity index (χ4v) is 5.69. The zero-order chi connectivity index (χ0) is 29.3. The number of hydrogen-bond acceptors (Lipinski definition) is 4. The highest BCUT2D eigenvalue weighted by atomic mass is 79.9. The van der Waals surface area contributed by atoms with Crippen molar-refractivity contribution < 1.29 is 18.0 Å². The summed E-state index contributed by atoms with van der Waals surface area (Å²) in [6.45, 7) is 2.01. The first kappa shape index (κ1) is 31.9.